The van der Waals surface area contributed by atoms with E-state index in [2.05, 4.69) is 49.5 Å². The highest BCUT2D eigenvalue weighted by Crippen LogP contribution is 2.29. The van der Waals surface area contributed by atoms with Crippen LogP contribution in [-0.4, -0.2) is 34.3 Å². The molecule has 0 radical (unpaired) electrons. The van der Waals surface area contributed by atoms with Crippen LogP contribution >= 0.6 is 11.6 Å². The van der Waals surface area contributed by atoms with Gasteiger partial charge in [0.25, 0.3) is 0 Å². The van der Waals surface area contributed by atoms with Crippen LogP contribution in [0, 0.1) is 6.92 Å². The Balaban J connectivity index is 3.36. The van der Waals surface area contributed by atoms with Crippen molar-refractivity contribution in [1.82, 2.24) is 9.97 Å². The second kappa shape index (κ2) is 6.06. The van der Waals surface area contributed by atoms with Gasteiger partial charge in [-0.15, -0.1) is 0 Å². The molecule has 0 spiro atoms. The average molecular weight is 286 g/mol. The Morgan fingerprint density at radius 2 is 1.84 bits per heavy atom. The summed E-state index contributed by atoms with van der Waals surface area (Å²) in [7, 11) is 0. The summed E-state index contributed by atoms with van der Waals surface area (Å²) in [6, 6.07) is 0.240. The predicted molar refractivity (Wildman–Crippen MR) is 80.0 cm³/mol. The van der Waals surface area contributed by atoms with E-state index in [1.54, 1.807) is 0 Å². The molecule has 19 heavy (non-hydrogen) atoms. The number of hydrogen-bond acceptors (Lipinski definition) is 4. The van der Waals surface area contributed by atoms with Gasteiger partial charge >= 0.3 is 0 Å². The van der Waals surface area contributed by atoms with Crippen molar-refractivity contribution < 1.29 is 5.11 Å². The van der Waals surface area contributed by atoms with E-state index in [0.29, 0.717) is 11.7 Å². The molecular formula is C14H24ClN3O. The fourth-order valence-electron chi connectivity index (χ4n) is 1.81. The third-order valence-corrected chi connectivity index (χ3v) is 3.34. The number of rotatable bonds is 4. The Bertz CT molecular complexity index is 441. The first kappa shape index (κ1) is 16.2. The minimum absolute atomic E-state index is 0.0874. The van der Waals surface area contributed by atoms with Crippen molar-refractivity contribution in [1.29, 1.82) is 0 Å². The molecule has 1 rings (SSSR count). The summed E-state index contributed by atoms with van der Waals surface area (Å²) >= 11 is 6.23. The van der Waals surface area contributed by atoms with Gasteiger partial charge in [0.1, 0.15) is 16.8 Å². The molecule has 5 heteroatoms. The molecule has 0 aliphatic carbocycles. The molecule has 1 N–H and O–H groups in total. The topological polar surface area (TPSA) is 49.2 Å². The van der Waals surface area contributed by atoms with E-state index < -0.39 is 0 Å². The summed E-state index contributed by atoms with van der Waals surface area (Å²) in [4.78, 5) is 11.1. The summed E-state index contributed by atoms with van der Waals surface area (Å²) in [5.41, 5.74) is 0.699. The average Bonchev–Trinajstić information content (AvgIpc) is 2.28. The second-order valence-electron chi connectivity index (χ2n) is 6.05. The highest BCUT2D eigenvalue weighted by Gasteiger charge is 2.23. The van der Waals surface area contributed by atoms with E-state index in [4.69, 9.17) is 11.6 Å². The standard InChI is InChI=1S/C14H24ClN3O/c1-9(2)18(7-8-19)12-10(3)11(15)16-13(17-12)14(4,5)6/h9,19H,7-8H2,1-6H3. The molecule has 0 aromatic carbocycles. The van der Waals surface area contributed by atoms with Gasteiger partial charge in [0.05, 0.1) is 6.61 Å². The molecule has 0 amide bonds. The van der Waals surface area contributed by atoms with Crippen molar-refractivity contribution in [2.45, 2.75) is 53.0 Å². The van der Waals surface area contributed by atoms with E-state index in [1.165, 1.54) is 0 Å². The third kappa shape index (κ3) is 3.80. The maximum Gasteiger partial charge on any atom is 0.137 e. The molecule has 0 bridgehead atoms. The Hall–Kier alpha value is -0.870. The van der Waals surface area contributed by atoms with Crippen LogP contribution < -0.4 is 4.90 Å². The first-order chi connectivity index (χ1) is 8.68. The molecule has 0 saturated carbocycles. The zero-order valence-corrected chi connectivity index (χ0v) is 13.4. The van der Waals surface area contributed by atoms with Crippen LogP contribution in [0.2, 0.25) is 5.15 Å². The molecule has 1 aromatic rings. The fourth-order valence-corrected chi connectivity index (χ4v) is 1.97. The lowest BCUT2D eigenvalue weighted by Gasteiger charge is -2.30. The second-order valence-corrected chi connectivity index (χ2v) is 6.41. The SMILES string of the molecule is Cc1c(Cl)nc(C(C)(C)C)nc1N(CCO)C(C)C. The molecule has 0 aliphatic heterocycles. The van der Waals surface area contributed by atoms with Crippen LogP contribution in [-0.2, 0) is 5.41 Å². The summed E-state index contributed by atoms with van der Waals surface area (Å²) < 4.78 is 0. The Morgan fingerprint density at radius 1 is 1.26 bits per heavy atom. The number of hydrogen-bond donors (Lipinski definition) is 1. The minimum Gasteiger partial charge on any atom is -0.395 e. The summed E-state index contributed by atoms with van der Waals surface area (Å²) in [5.74, 6) is 1.54. The molecule has 1 heterocycles. The molecular weight excluding hydrogens is 262 g/mol. The van der Waals surface area contributed by atoms with Crippen LogP contribution in [0.4, 0.5) is 5.82 Å². The predicted octanol–water partition coefficient (Wildman–Crippen LogP) is 2.94. The van der Waals surface area contributed by atoms with Gasteiger partial charge in [0.2, 0.25) is 0 Å². The molecule has 4 nitrogen and oxygen atoms in total. The van der Waals surface area contributed by atoms with Crippen molar-refractivity contribution in [2.75, 3.05) is 18.1 Å². The van der Waals surface area contributed by atoms with E-state index >= 15 is 0 Å². The van der Waals surface area contributed by atoms with Crippen molar-refractivity contribution in [3.8, 4) is 0 Å². The Kier molecular flexibility index (Phi) is 5.16. The minimum atomic E-state index is -0.159. The number of anilines is 1. The first-order valence-corrected chi connectivity index (χ1v) is 6.98. The Morgan fingerprint density at radius 3 is 2.26 bits per heavy atom. The molecule has 0 saturated heterocycles. The highest BCUT2D eigenvalue weighted by atomic mass is 35.5. The van der Waals surface area contributed by atoms with Crippen LogP contribution in [0.1, 0.15) is 46.0 Å². The lowest BCUT2D eigenvalue weighted by Crippen LogP contribution is -2.35. The molecule has 0 unspecified atom stereocenters. The quantitative estimate of drug-likeness (QED) is 0.864. The highest BCUT2D eigenvalue weighted by molar-refractivity contribution is 6.30. The van der Waals surface area contributed by atoms with Gasteiger partial charge in [-0.1, -0.05) is 32.4 Å². The number of aromatic nitrogens is 2. The molecule has 1 aromatic heterocycles. The third-order valence-electron chi connectivity index (χ3n) is 2.97. The molecule has 0 aliphatic rings. The van der Waals surface area contributed by atoms with Crippen LogP contribution in [0.25, 0.3) is 0 Å². The summed E-state index contributed by atoms with van der Waals surface area (Å²) in [6.07, 6.45) is 0. The van der Waals surface area contributed by atoms with E-state index in [-0.39, 0.29) is 18.1 Å². The van der Waals surface area contributed by atoms with Crippen molar-refractivity contribution in [3.63, 3.8) is 0 Å². The van der Waals surface area contributed by atoms with Gasteiger partial charge in [-0.05, 0) is 20.8 Å². The largest absolute Gasteiger partial charge is 0.395 e. The monoisotopic (exact) mass is 285 g/mol. The van der Waals surface area contributed by atoms with Gasteiger partial charge in [-0.2, -0.15) is 0 Å². The summed E-state index contributed by atoms with van der Waals surface area (Å²) in [6.45, 7) is 12.9. The maximum absolute atomic E-state index is 9.22. The number of halogens is 1. The van der Waals surface area contributed by atoms with Crippen LogP contribution in [0.3, 0.4) is 0 Å². The van der Waals surface area contributed by atoms with Gasteiger partial charge in [-0.25, -0.2) is 9.97 Å². The first-order valence-electron chi connectivity index (χ1n) is 6.60. The fraction of sp³-hybridized carbons (Fsp3) is 0.714. The summed E-state index contributed by atoms with van der Waals surface area (Å²) in [5, 5.41) is 9.70. The molecule has 0 fully saturated rings. The van der Waals surface area contributed by atoms with E-state index in [1.807, 2.05) is 6.92 Å². The van der Waals surface area contributed by atoms with Gasteiger partial charge in [-0.3, -0.25) is 0 Å². The normalized spacial score (nSPS) is 12.1. The van der Waals surface area contributed by atoms with Gasteiger partial charge in [0.15, 0.2) is 0 Å². The number of aliphatic hydroxyl groups is 1. The zero-order chi connectivity index (χ0) is 14.8. The zero-order valence-electron chi connectivity index (χ0n) is 12.7. The number of aliphatic hydroxyl groups excluding tert-OH is 1. The number of nitrogens with zero attached hydrogens (tertiary/aromatic N) is 3. The van der Waals surface area contributed by atoms with Gasteiger partial charge < -0.3 is 10.0 Å². The van der Waals surface area contributed by atoms with Crippen LogP contribution in [0.5, 0.6) is 0 Å². The van der Waals surface area contributed by atoms with Crippen LogP contribution in [0.15, 0.2) is 0 Å². The molecule has 108 valence electrons. The van der Waals surface area contributed by atoms with E-state index in [9.17, 15) is 5.11 Å². The van der Waals surface area contributed by atoms with Crippen molar-refractivity contribution >= 4 is 17.4 Å². The van der Waals surface area contributed by atoms with Gasteiger partial charge in [0, 0.05) is 23.6 Å². The smallest absolute Gasteiger partial charge is 0.137 e. The maximum atomic E-state index is 9.22. The lowest BCUT2D eigenvalue weighted by molar-refractivity contribution is 0.298. The molecule has 0 atom stereocenters. The van der Waals surface area contributed by atoms with Crippen molar-refractivity contribution in [3.05, 3.63) is 16.5 Å². The Labute approximate surface area is 120 Å². The van der Waals surface area contributed by atoms with E-state index in [0.717, 1.165) is 17.2 Å². The van der Waals surface area contributed by atoms with Crippen molar-refractivity contribution in [2.24, 2.45) is 0 Å². The lowest BCUT2D eigenvalue weighted by atomic mass is 9.95.